The second-order valence-corrected chi connectivity index (χ2v) is 4.29. The SMILES string of the molecule is CCN(CC)CCCN(CC)c1nc(CN)co1. The quantitative estimate of drug-likeness (QED) is 0.726. The largest absolute Gasteiger partial charge is 0.432 e. The monoisotopic (exact) mass is 254 g/mol. The van der Waals surface area contributed by atoms with Gasteiger partial charge < -0.3 is 20.0 Å². The first-order valence-electron chi connectivity index (χ1n) is 6.86. The van der Waals surface area contributed by atoms with Crippen molar-refractivity contribution in [3.05, 3.63) is 12.0 Å². The van der Waals surface area contributed by atoms with E-state index in [-0.39, 0.29) is 0 Å². The van der Waals surface area contributed by atoms with Crippen LogP contribution in [0, 0.1) is 0 Å². The van der Waals surface area contributed by atoms with Crippen molar-refractivity contribution in [2.75, 3.05) is 37.6 Å². The van der Waals surface area contributed by atoms with Gasteiger partial charge in [-0.25, -0.2) is 0 Å². The Morgan fingerprint density at radius 3 is 2.39 bits per heavy atom. The van der Waals surface area contributed by atoms with Gasteiger partial charge in [-0.2, -0.15) is 4.98 Å². The normalized spacial score (nSPS) is 11.2. The first kappa shape index (κ1) is 15.0. The summed E-state index contributed by atoms with van der Waals surface area (Å²) in [5.74, 6) is 0. The van der Waals surface area contributed by atoms with Crippen LogP contribution in [0.25, 0.3) is 0 Å². The van der Waals surface area contributed by atoms with Gasteiger partial charge in [-0.1, -0.05) is 13.8 Å². The minimum absolute atomic E-state index is 0.431. The van der Waals surface area contributed by atoms with Crippen LogP contribution in [0.2, 0.25) is 0 Å². The Bertz CT molecular complexity index is 323. The van der Waals surface area contributed by atoms with Gasteiger partial charge in [-0.3, -0.25) is 0 Å². The first-order chi connectivity index (χ1) is 8.74. The highest BCUT2D eigenvalue weighted by atomic mass is 16.4. The predicted octanol–water partition coefficient (Wildman–Crippen LogP) is 1.69. The van der Waals surface area contributed by atoms with Gasteiger partial charge >= 0.3 is 0 Å². The number of nitrogens with zero attached hydrogens (tertiary/aromatic N) is 3. The molecule has 0 aliphatic heterocycles. The number of anilines is 1. The average Bonchev–Trinajstić information content (AvgIpc) is 2.88. The van der Waals surface area contributed by atoms with E-state index in [1.165, 1.54) is 0 Å². The fraction of sp³-hybridized carbons (Fsp3) is 0.769. The molecule has 1 aromatic heterocycles. The third-order valence-electron chi connectivity index (χ3n) is 3.20. The van der Waals surface area contributed by atoms with E-state index in [4.69, 9.17) is 10.2 Å². The van der Waals surface area contributed by atoms with Gasteiger partial charge in [0.2, 0.25) is 0 Å². The van der Waals surface area contributed by atoms with Gasteiger partial charge in [0.1, 0.15) is 6.26 Å². The summed E-state index contributed by atoms with van der Waals surface area (Å²) in [6.45, 7) is 12.2. The lowest BCUT2D eigenvalue weighted by Crippen LogP contribution is -2.30. The topological polar surface area (TPSA) is 58.5 Å². The molecule has 0 aromatic carbocycles. The molecule has 0 spiro atoms. The van der Waals surface area contributed by atoms with Gasteiger partial charge in [0.15, 0.2) is 0 Å². The second-order valence-electron chi connectivity index (χ2n) is 4.29. The molecular formula is C13H26N4O. The van der Waals surface area contributed by atoms with E-state index in [1.54, 1.807) is 6.26 Å². The maximum atomic E-state index is 5.53. The lowest BCUT2D eigenvalue weighted by Gasteiger charge is -2.22. The van der Waals surface area contributed by atoms with Crippen LogP contribution in [-0.4, -0.2) is 42.6 Å². The maximum Gasteiger partial charge on any atom is 0.297 e. The minimum atomic E-state index is 0.431. The smallest absolute Gasteiger partial charge is 0.297 e. The van der Waals surface area contributed by atoms with Crippen molar-refractivity contribution in [2.24, 2.45) is 5.73 Å². The van der Waals surface area contributed by atoms with Crippen molar-refractivity contribution in [1.29, 1.82) is 0 Å². The molecule has 5 heteroatoms. The van der Waals surface area contributed by atoms with Crippen molar-refractivity contribution in [3.63, 3.8) is 0 Å². The third kappa shape index (κ3) is 4.31. The Balaban J connectivity index is 2.42. The highest BCUT2D eigenvalue weighted by molar-refractivity contribution is 5.26. The van der Waals surface area contributed by atoms with Gasteiger partial charge in [-0.05, 0) is 33.0 Å². The van der Waals surface area contributed by atoms with E-state index in [1.807, 2.05) is 0 Å². The van der Waals surface area contributed by atoms with Crippen molar-refractivity contribution < 1.29 is 4.42 Å². The van der Waals surface area contributed by atoms with Crippen LogP contribution in [0.3, 0.4) is 0 Å². The predicted molar refractivity (Wildman–Crippen MR) is 74.7 cm³/mol. The van der Waals surface area contributed by atoms with Crippen LogP contribution in [0.1, 0.15) is 32.9 Å². The molecule has 1 rings (SSSR count). The zero-order chi connectivity index (χ0) is 13.4. The fourth-order valence-corrected chi connectivity index (χ4v) is 1.95. The average molecular weight is 254 g/mol. The highest BCUT2D eigenvalue weighted by Gasteiger charge is 2.11. The minimum Gasteiger partial charge on any atom is -0.432 e. The number of nitrogens with two attached hydrogens (primary N) is 1. The van der Waals surface area contributed by atoms with E-state index >= 15 is 0 Å². The van der Waals surface area contributed by atoms with E-state index in [0.29, 0.717) is 12.6 Å². The second kappa shape index (κ2) is 8.11. The molecule has 0 amide bonds. The summed E-state index contributed by atoms with van der Waals surface area (Å²) in [4.78, 5) is 8.94. The molecule has 1 heterocycles. The molecule has 0 saturated carbocycles. The van der Waals surface area contributed by atoms with Crippen LogP contribution in [0.5, 0.6) is 0 Å². The molecule has 0 aliphatic carbocycles. The Hall–Kier alpha value is -1.07. The summed E-state index contributed by atoms with van der Waals surface area (Å²) < 4.78 is 5.44. The molecule has 5 nitrogen and oxygen atoms in total. The molecule has 0 saturated heterocycles. The Morgan fingerprint density at radius 2 is 1.89 bits per heavy atom. The van der Waals surface area contributed by atoms with Crippen LogP contribution >= 0.6 is 0 Å². The van der Waals surface area contributed by atoms with Crippen LogP contribution in [0.4, 0.5) is 6.01 Å². The highest BCUT2D eigenvalue weighted by Crippen LogP contribution is 2.13. The molecule has 1 aromatic rings. The summed E-state index contributed by atoms with van der Waals surface area (Å²) >= 11 is 0. The van der Waals surface area contributed by atoms with Gasteiger partial charge in [0, 0.05) is 19.6 Å². The molecule has 18 heavy (non-hydrogen) atoms. The van der Waals surface area contributed by atoms with Crippen molar-refractivity contribution >= 4 is 6.01 Å². The van der Waals surface area contributed by atoms with Crippen LogP contribution in [-0.2, 0) is 6.54 Å². The molecular weight excluding hydrogens is 228 g/mol. The molecule has 2 N–H and O–H groups in total. The standard InChI is InChI=1S/C13H26N4O/c1-4-16(5-2)8-7-9-17(6-3)13-15-12(10-14)11-18-13/h11H,4-10,14H2,1-3H3. The Morgan fingerprint density at radius 1 is 1.17 bits per heavy atom. The maximum absolute atomic E-state index is 5.53. The van der Waals surface area contributed by atoms with E-state index in [9.17, 15) is 0 Å². The summed E-state index contributed by atoms with van der Waals surface area (Å²) in [7, 11) is 0. The Kier molecular flexibility index (Phi) is 6.75. The zero-order valence-corrected chi connectivity index (χ0v) is 11.9. The van der Waals surface area contributed by atoms with Crippen LogP contribution < -0.4 is 10.6 Å². The van der Waals surface area contributed by atoms with Gasteiger partial charge in [0.25, 0.3) is 6.01 Å². The van der Waals surface area contributed by atoms with E-state index < -0.39 is 0 Å². The number of hydrogen-bond acceptors (Lipinski definition) is 5. The molecule has 0 radical (unpaired) electrons. The number of oxazole rings is 1. The summed E-state index contributed by atoms with van der Waals surface area (Å²) in [5.41, 5.74) is 6.35. The summed E-state index contributed by atoms with van der Waals surface area (Å²) in [5, 5.41) is 0. The molecule has 104 valence electrons. The van der Waals surface area contributed by atoms with Crippen molar-refractivity contribution in [1.82, 2.24) is 9.88 Å². The first-order valence-corrected chi connectivity index (χ1v) is 6.86. The number of rotatable bonds is 9. The summed E-state index contributed by atoms with van der Waals surface area (Å²) in [6, 6.07) is 0.692. The number of aromatic nitrogens is 1. The fourth-order valence-electron chi connectivity index (χ4n) is 1.95. The summed E-state index contributed by atoms with van der Waals surface area (Å²) in [6.07, 6.45) is 2.76. The van der Waals surface area contributed by atoms with Gasteiger partial charge in [-0.15, -0.1) is 0 Å². The van der Waals surface area contributed by atoms with E-state index in [0.717, 1.165) is 44.8 Å². The van der Waals surface area contributed by atoms with Gasteiger partial charge in [0.05, 0.1) is 5.69 Å². The molecule has 0 bridgehead atoms. The van der Waals surface area contributed by atoms with Crippen molar-refractivity contribution in [3.8, 4) is 0 Å². The lowest BCUT2D eigenvalue weighted by atomic mass is 10.3. The number of hydrogen-bond donors (Lipinski definition) is 1. The molecule has 0 atom stereocenters. The van der Waals surface area contributed by atoms with E-state index in [2.05, 4.69) is 35.6 Å². The lowest BCUT2D eigenvalue weighted by molar-refractivity contribution is 0.300. The molecule has 0 fully saturated rings. The zero-order valence-electron chi connectivity index (χ0n) is 11.9. The Labute approximate surface area is 110 Å². The molecule has 0 unspecified atom stereocenters. The van der Waals surface area contributed by atoms with Crippen molar-refractivity contribution in [2.45, 2.75) is 33.7 Å². The molecule has 0 aliphatic rings. The van der Waals surface area contributed by atoms with Crippen LogP contribution in [0.15, 0.2) is 10.7 Å². The third-order valence-corrected chi connectivity index (χ3v) is 3.20.